The number of hydrogen-bond donors (Lipinski definition) is 3. The second-order valence-electron chi connectivity index (χ2n) is 16.9. The first-order chi connectivity index (χ1) is 31.7. The number of benzene rings is 4. The van der Waals surface area contributed by atoms with Crippen molar-refractivity contribution in [2.45, 2.75) is 89.1 Å². The molecular formula is C48H53ClF2N4O11. The second-order valence-corrected chi connectivity index (χ2v) is 17.2. The summed E-state index contributed by atoms with van der Waals surface area (Å²) < 4.78 is 50.0. The van der Waals surface area contributed by atoms with Crippen LogP contribution in [0.3, 0.4) is 0 Å². The van der Waals surface area contributed by atoms with E-state index in [4.69, 9.17) is 45.8 Å². The minimum Gasteiger partial charge on any atom is -0.496 e. The highest BCUT2D eigenvalue weighted by Gasteiger charge is 2.55. The number of methoxy groups -OCH3 is 2. The first-order valence-corrected chi connectivity index (χ1v) is 22.2. The average molecular weight is 935 g/mol. The van der Waals surface area contributed by atoms with E-state index in [1.165, 1.54) is 13.2 Å². The zero-order chi connectivity index (χ0) is 47.1. The quantitative estimate of drug-likeness (QED) is 0.0385. The van der Waals surface area contributed by atoms with E-state index in [-0.39, 0.29) is 56.0 Å². The number of carbonyl (C=O) groups is 4. The monoisotopic (exact) mass is 934 g/mol. The van der Waals surface area contributed by atoms with Gasteiger partial charge in [-0.05, 0) is 116 Å². The van der Waals surface area contributed by atoms with Crippen molar-refractivity contribution in [3.63, 3.8) is 0 Å². The van der Waals surface area contributed by atoms with E-state index in [2.05, 4.69) is 5.32 Å². The summed E-state index contributed by atoms with van der Waals surface area (Å²) >= 11 is 5.94. The van der Waals surface area contributed by atoms with Gasteiger partial charge in [-0.25, -0.2) is 18.4 Å². The minimum absolute atomic E-state index is 0.0412. The molecule has 3 N–H and O–H groups in total. The maximum atomic E-state index is 15.6. The van der Waals surface area contributed by atoms with Crippen molar-refractivity contribution in [3.05, 3.63) is 123 Å². The van der Waals surface area contributed by atoms with Crippen molar-refractivity contribution < 1.29 is 62.2 Å². The SMILES string of the molecule is COC(=O)CNC(=O)C1CC2CC(c3ccc(CCCOc4c(F)ccc(F)c4Cl)cc3)C(C(=O)N(Cc3ccc(OC)c(C)c3)C3CC3)C(C1)N2C(=O)Oc1cccc(CON(O)O)c1. The number of piperidine rings is 2. The van der Waals surface area contributed by atoms with E-state index in [0.717, 1.165) is 53.0 Å². The first-order valence-electron chi connectivity index (χ1n) is 21.8. The van der Waals surface area contributed by atoms with Crippen LogP contribution < -0.4 is 19.5 Å². The molecule has 0 spiro atoms. The Bertz CT molecular complexity index is 2390. The van der Waals surface area contributed by atoms with E-state index in [1.54, 1.807) is 30.2 Å². The van der Waals surface area contributed by atoms with Gasteiger partial charge in [0.15, 0.2) is 11.6 Å². The zero-order valence-electron chi connectivity index (χ0n) is 36.8. The number of halogens is 3. The Morgan fingerprint density at radius 2 is 1.64 bits per heavy atom. The Hall–Kier alpha value is -5.85. The highest BCUT2D eigenvalue weighted by atomic mass is 35.5. The van der Waals surface area contributed by atoms with Gasteiger partial charge in [0.25, 0.3) is 0 Å². The van der Waals surface area contributed by atoms with E-state index in [9.17, 15) is 23.2 Å². The molecule has 0 aromatic heterocycles. The number of amides is 3. The lowest BCUT2D eigenvalue weighted by Gasteiger charge is -2.54. The summed E-state index contributed by atoms with van der Waals surface area (Å²) in [5.74, 6) is -4.09. The smallest absolute Gasteiger partial charge is 0.415 e. The van der Waals surface area contributed by atoms with Gasteiger partial charge in [-0.15, -0.1) is 0 Å². The van der Waals surface area contributed by atoms with Gasteiger partial charge in [-0.3, -0.25) is 24.8 Å². The summed E-state index contributed by atoms with van der Waals surface area (Å²) in [4.78, 5) is 64.2. The van der Waals surface area contributed by atoms with E-state index in [0.29, 0.717) is 31.4 Å². The van der Waals surface area contributed by atoms with Crippen LogP contribution in [-0.4, -0.2) is 95.0 Å². The number of nitrogens with zero attached hydrogens (tertiary/aromatic N) is 3. The third-order valence-electron chi connectivity index (χ3n) is 12.5. The van der Waals surface area contributed by atoms with Crippen LogP contribution in [0.5, 0.6) is 17.2 Å². The molecular weight excluding hydrogens is 882 g/mol. The van der Waals surface area contributed by atoms with Crippen LogP contribution in [-0.2, 0) is 43.5 Å². The largest absolute Gasteiger partial charge is 0.496 e. The molecule has 3 amide bonds. The van der Waals surface area contributed by atoms with Gasteiger partial charge < -0.3 is 34.1 Å². The number of fused-ring (bicyclic) bond motifs is 2. The molecule has 7 rings (SSSR count). The summed E-state index contributed by atoms with van der Waals surface area (Å²) in [5.41, 5.74) is 4.09. The Balaban J connectivity index is 1.20. The van der Waals surface area contributed by atoms with Crippen molar-refractivity contribution in [2.24, 2.45) is 11.8 Å². The minimum atomic E-state index is -0.838. The normalized spacial score (nSPS) is 20.1. The molecule has 3 aliphatic rings. The molecule has 3 fully saturated rings. The van der Waals surface area contributed by atoms with Gasteiger partial charge >= 0.3 is 12.1 Å². The van der Waals surface area contributed by atoms with Gasteiger partial charge in [0.2, 0.25) is 11.8 Å². The van der Waals surface area contributed by atoms with Gasteiger partial charge in [-0.1, -0.05) is 60.1 Å². The topological polar surface area (TPSA) is 177 Å². The molecule has 4 aromatic rings. The van der Waals surface area contributed by atoms with Crippen molar-refractivity contribution in [3.8, 4) is 17.2 Å². The molecule has 1 aliphatic carbocycles. The predicted molar refractivity (Wildman–Crippen MR) is 234 cm³/mol. The highest BCUT2D eigenvalue weighted by Crippen LogP contribution is 2.49. The van der Waals surface area contributed by atoms with Crippen molar-refractivity contribution in [2.75, 3.05) is 27.4 Å². The van der Waals surface area contributed by atoms with Crippen molar-refractivity contribution in [1.82, 2.24) is 20.5 Å². The summed E-state index contributed by atoms with van der Waals surface area (Å²) in [5, 5.41) is 20.0. The summed E-state index contributed by atoms with van der Waals surface area (Å²) in [6, 6.07) is 20.4. The molecule has 2 bridgehead atoms. The molecule has 2 aliphatic heterocycles. The lowest BCUT2D eigenvalue weighted by molar-refractivity contribution is -0.497. The highest BCUT2D eigenvalue weighted by molar-refractivity contribution is 6.32. The van der Waals surface area contributed by atoms with Crippen LogP contribution >= 0.6 is 11.6 Å². The molecule has 0 radical (unpaired) electrons. The fourth-order valence-electron chi connectivity index (χ4n) is 9.21. The average Bonchev–Trinajstić information content (AvgIpc) is 4.15. The molecule has 2 heterocycles. The van der Waals surface area contributed by atoms with Gasteiger partial charge in [0.1, 0.15) is 28.9 Å². The van der Waals surface area contributed by atoms with Gasteiger partial charge in [0, 0.05) is 30.6 Å². The van der Waals surface area contributed by atoms with Crippen LogP contribution in [0, 0.1) is 30.4 Å². The summed E-state index contributed by atoms with van der Waals surface area (Å²) in [6.45, 7) is 1.74. The maximum Gasteiger partial charge on any atom is 0.415 e. The summed E-state index contributed by atoms with van der Waals surface area (Å²) in [6.07, 6.45) is 2.50. The van der Waals surface area contributed by atoms with E-state index >= 15 is 4.79 Å². The molecule has 1 saturated carbocycles. The number of aryl methyl sites for hydroxylation is 2. The number of rotatable bonds is 18. The number of nitrogens with one attached hydrogen (secondary N) is 1. The molecule has 352 valence electrons. The third kappa shape index (κ3) is 11.6. The standard InChI is InChI=1S/C48H53ClF2N4O11/c1-28-20-30(11-18-41(28)62-2)26-53(34-14-15-34)47(58)43-37(32-12-9-29(10-13-32)7-5-19-64-45-39(51)17-16-38(50)44(45)49)24-35-22-33(46(57)52-25-42(56)63-3)23-40(43)54(35)48(59)66-36-8-4-6-31(21-36)27-65-55(60)61/h4,6,8-13,16-18,20-21,33-35,37,40,43,60-61H,5,7,14-15,19,22-27H2,1-3H3,(H,52,57). The van der Waals surface area contributed by atoms with Crippen LogP contribution in [0.1, 0.15) is 72.3 Å². The van der Waals surface area contributed by atoms with Crippen molar-refractivity contribution >= 4 is 35.5 Å². The Kier molecular flexibility index (Phi) is 15.8. The lowest BCUT2D eigenvalue weighted by atomic mass is 9.65. The van der Waals surface area contributed by atoms with Crippen molar-refractivity contribution in [1.29, 1.82) is 0 Å². The van der Waals surface area contributed by atoms with Gasteiger partial charge in [-0.2, -0.15) is 0 Å². The molecule has 2 saturated heterocycles. The van der Waals surface area contributed by atoms with Crippen LogP contribution in [0.2, 0.25) is 5.02 Å². The number of carbonyl (C=O) groups excluding carboxylic acids is 4. The van der Waals surface area contributed by atoms with Crippen LogP contribution in [0.15, 0.2) is 78.9 Å². The third-order valence-corrected chi connectivity index (χ3v) is 12.9. The van der Waals surface area contributed by atoms with E-state index < -0.39 is 69.9 Å². The summed E-state index contributed by atoms with van der Waals surface area (Å²) in [7, 11) is 2.83. The molecule has 5 unspecified atom stereocenters. The maximum absolute atomic E-state index is 15.6. The number of hydrogen-bond acceptors (Lipinski definition) is 12. The fourth-order valence-corrected chi connectivity index (χ4v) is 9.42. The first kappa shape index (κ1) is 48.1. The Morgan fingerprint density at radius 3 is 2.33 bits per heavy atom. The zero-order valence-corrected chi connectivity index (χ0v) is 37.5. The Labute approximate surface area is 385 Å². The molecule has 4 aromatic carbocycles. The fraction of sp³-hybridized carbons (Fsp3) is 0.417. The molecule has 66 heavy (non-hydrogen) atoms. The Morgan fingerprint density at radius 1 is 0.894 bits per heavy atom. The van der Waals surface area contributed by atoms with E-state index in [1.807, 2.05) is 54.3 Å². The second kappa shape index (κ2) is 21.6. The number of ether oxygens (including phenoxy) is 4. The molecule has 18 heteroatoms. The predicted octanol–water partition coefficient (Wildman–Crippen LogP) is 7.69. The molecule has 15 nitrogen and oxygen atoms in total. The molecule has 5 atom stereocenters. The van der Waals surface area contributed by atoms with Crippen LogP contribution in [0.4, 0.5) is 13.6 Å². The van der Waals surface area contributed by atoms with Gasteiger partial charge in [0.05, 0.1) is 38.7 Å². The van der Waals surface area contributed by atoms with Crippen LogP contribution in [0.25, 0.3) is 0 Å². The number of esters is 1. The lowest BCUT2D eigenvalue weighted by Crippen LogP contribution is -2.64.